The van der Waals surface area contributed by atoms with E-state index in [-0.39, 0.29) is 48.9 Å². The number of aliphatic hydroxyl groups excluding tert-OH is 1. The highest BCUT2D eigenvalue weighted by atomic mass is 32.2. The van der Waals surface area contributed by atoms with Gasteiger partial charge in [-0.25, -0.2) is 4.79 Å². The van der Waals surface area contributed by atoms with Gasteiger partial charge in [-0.2, -0.15) is 0 Å². The van der Waals surface area contributed by atoms with Crippen molar-refractivity contribution in [3.05, 3.63) is 62.7 Å². The van der Waals surface area contributed by atoms with Crippen molar-refractivity contribution in [3.63, 3.8) is 0 Å². The Bertz CT molecular complexity index is 2160. The van der Waals surface area contributed by atoms with Gasteiger partial charge in [0, 0.05) is 47.0 Å². The molecule has 0 aromatic heterocycles. The largest absolute Gasteiger partial charge is 0.504 e. The maximum absolute atomic E-state index is 14.8. The van der Waals surface area contributed by atoms with E-state index >= 15 is 0 Å². The number of carbonyl (C=O) groups is 2. The second-order valence-electron chi connectivity index (χ2n) is 15.6. The zero-order valence-electron chi connectivity index (χ0n) is 32.3. The number of thioether (sulfide) groups is 1. The predicted molar refractivity (Wildman–Crippen MR) is 204 cm³/mol. The lowest BCUT2D eigenvalue weighted by atomic mass is 9.73. The van der Waals surface area contributed by atoms with Gasteiger partial charge in [0.25, 0.3) is 0 Å². The number of hydrogen-bond acceptors (Lipinski definition) is 15. The fraction of sp³-hybridized carbons (Fsp3) is 0.512. The summed E-state index contributed by atoms with van der Waals surface area (Å²) < 4.78 is 36.4. The van der Waals surface area contributed by atoms with Gasteiger partial charge in [-0.3, -0.25) is 19.9 Å². The molecule has 7 aliphatic heterocycles. The average Bonchev–Trinajstić information content (AvgIpc) is 3.67. The van der Waals surface area contributed by atoms with Crippen LogP contribution in [-0.2, 0) is 32.7 Å². The van der Waals surface area contributed by atoms with Gasteiger partial charge in [0.1, 0.15) is 18.6 Å². The number of nitrogens with one attached hydrogen (secondary N) is 1. The molecule has 10 rings (SSSR count). The Hall–Kier alpha value is -4.41. The Morgan fingerprint density at radius 1 is 1.04 bits per heavy atom. The molecule has 7 heterocycles. The number of fused-ring (bicyclic) bond motifs is 9. The highest BCUT2D eigenvalue weighted by Crippen LogP contribution is 2.64. The Kier molecular flexibility index (Phi) is 9.04. The molecule has 3 aromatic carbocycles. The monoisotopic (exact) mass is 789 g/mol. The molecule has 298 valence electrons. The van der Waals surface area contributed by atoms with Gasteiger partial charge in [0.2, 0.25) is 6.79 Å². The van der Waals surface area contributed by atoms with Gasteiger partial charge in [-0.1, -0.05) is 13.0 Å². The molecule has 56 heavy (non-hydrogen) atoms. The number of methoxy groups -OCH3 is 2. The van der Waals surface area contributed by atoms with E-state index < -0.39 is 47.1 Å². The number of nitrogens with zero attached hydrogens (tertiary/aromatic N) is 2. The zero-order valence-corrected chi connectivity index (χ0v) is 33.1. The number of aryl methyl sites for hydroxylation is 1. The summed E-state index contributed by atoms with van der Waals surface area (Å²) in [5, 5.41) is 38.4. The molecule has 0 amide bonds. The summed E-state index contributed by atoms with van der Waals surface area (Å²) in [5.74, 6) is 1.14. The lowest BCUT2D eigenvalue weighted by Crippen LogP contribution is -2.70. The molecule has 4 N–H and O–H groups in total. The number of ether oxygens (including phenoxy) is 6. The standard InChI is InChI=1S/C41H47N3O11S/c1-7-8-27(46)55-35-19(3)36-37(54-17-53-36)29-24-15-52-40(49)41(22-14-26(50-5)25(45)13-20(22)9-10-42-41)16-56-38(30(29)35)32-31-28-21(11-18(2)34(51-6)33(28)47)12-23(43(31)4)39(48)44(24)32/h11,13-14,23-24,31-32,38-39,42,45,47-48H,7-10,12,15-17H2,1-6H3/t23-,24+,31+,32?,38+,39-,41+/m0/s1. The van der Waals surface area contributed by atoms with Crippen molar-refractivity contribution in [1.29, 1.82) is 0 Å². The van der Waals surface area contributed by atoms with Crippen molar-refractivity contribution >= 4 is 23.7 Å². The second kappa shape index (κ2) is 13.6. The number of phenolic OH excluding ortho intramolecular Hbond substituents is 2. The molecule has 4 bridgehead atoms. The molecule has 0 radical (unpaired) electrons. The Morgan fingerprint density at radius 2 is 1.82 bits per heavy atom. The fourth-order valence-corrected chi connectivity index (χ4v) is 11.9. The lowest BCUT2D eigenvalue weighted by molar-refractivity contribution is -0.186. The third kappa shape index (κ3) is 5.16. The average molecular weight is 790 g/mol. The number of piperazine rings is 1. The second-order valence-corrected chi connectivity index (χ2v) is 16.7. The first-order valence-corrected chi connectivity index (χ1v) is 20.2. The lowest BCUT2D eigenvalue weighted by Gasteiger charge is -2.62. The van der Waals surface area contributed by atoms with Crippen LogP contribution in [0.15, 0.2) is 18.2 Å². The maximum atomic E-state index is 14.8. The molecular formula is C41H47N3O11S. The van der Waals surface area contributed by atoms with Gasteiger partial charge in [0.05, 0.1) is 37.6 Å². The first-order valence-electron chi connectivity index (χ1n) is 19.1. The maximum Gasteiger partial charge on any atom is 0.331 e. The smallest absolute Gasteiger partial charge is 0.331 e. The van der Waals surface area contributed by atoms with E-state index in [0.717, 1.165) is 16.7 Å². The van der Waals surface area contributed by atoms with Gasteiger partial charge >= 0.3 is 11.9 Å². The minimum atomic E-state index is -1.36. The van der Waals surface area contributed by atoms with Crippen LogP contribution in [0.1, 0.15) is 81.6 Å². The summed E-state index contributed by atoms with van der Waals surface area (Å²) in [6, 6.07) is 3.15. The number of carbonyl (C=O) groups excluding carboxylic acids is 2. The van der Waals surface area contributed by atoms with Crippen molar-refractivity contribution in [2.24, 2.45) is 0 Å². The van der Waals surface area contributed by atoms with Crippen LogP contribution in [0.4, 0.5) is 0 Å². The summed E-state index contributed by atoms with van der Waals surface area (Å²) in [6.45, 7) is 5.86. The molecule has 2 saturated heterocycles. The molecule has 2 fully saturated rings. The summed E-state index contributed by atoms with van der Waals surface area (Å²) in [4.78, 5) is 32.4. The highest BCUT2D eigenvalue weighted by Gasteiger charge is 2.61. The summed E-state index contributed by atoms with van der Waals surface area (Å²) in [5.41, 5.74) is 4.42. The molecule has 14 nitrogen and oxygen atoms in total. The number of benzene rings is 3. The number of hydrogen-bond donors (Lipinski definition) is 4. The first kappa shape index (κ1) is 37.2. The predicted octanol–water partition coefficient (Wildman–Crippen LogP) is 4.19. The van der Waals surface area contributed by atoms with Crippen LogP contribution < -0.4 is 29.0 Å². The van der Waals surface area contributed by atoms with E-state index in [2.05, 4.69) is 10.2 Å². The van der Waals surface area contributed by atoms with Crippen LogP contribution in [0.5, 0.6) is 40.2 Å². The van der Waals surface area contributed by atoms with Crippen molar-refractivity contribution in [1.82, 2.24) is 15.1 Å². The SMILES string of the molecule is CCCC(=O)Oc1c(C)c2c(c3c1[C@H]1SC[C@]4(NCCc5cc(O)c(OC)cc54)C(=O)OC[C@H]3N3C1[C@H]1c4c(cc(C)c(OC)c4O)C[C@@H]([C@@H]3O)N1C)OCO2. The number of likely N-dealkylation sites (N-methyl/N-ethyl adjacent to an activating group) is 1. The molecule has 7 atom stereocenters. The minimum Gasteiger partial charge on any atom is -0.504 e. The van der Waals surface area contributed by atoms with Crippen molar-refractivity contribution in [2.45, 2.75) is 87.6 Å². The number of aromatic hydroxyl groups is 2. The molecule has 7 aliphatic rings. The van der Waals surface area contributed by atoms with E-state index in [1.807, 2.05) is 38.8 Å². The van der Waals surface area contributed by atoms with Crippen molar-refractivity contribution < 1.29 is 53.3 Å². The molecular weight excluding hydrogens is 743 g/mol. The van der Waals surface area contributed by atoms with Gasteiger partial charge in [-0.05, 0) is 74.5 Å². The molecule has 3 aromatic rings. The van der Waals surface area contributed by atoms with E-state index in [1.165, 1.54) is 26.0 Å². The number of aliphatic hydroxyl groups is 1. The van der Waals surface area contributed by atoms with E-state index in [0.29, 0.717) is 76.6 Å². The topological polar surface area (TPSA) is 169 Å². The summed E-state index contributed by atoms with van der Waals surface area (Å²) >= 11 is 1.48. The highest BCUT2D eigenvalue weighted by molar-refractivity contribution is 7.99. The Labute approximate surface area is 328 Å². The van der Waals surface area contributed by atoms with Crippen LogP contribution in [-0.4, -0.2) is 102 Å². The molecule has 0 aliphatic carbocycles. The molecule has 1 unspecified atom stereocenters. The summed E-state index contributed by atoms with van der Waals surface area (Å²) in [6.07, 6.45) is 0.754. The normalized spacial score (nSPS) is 28.8. The first-order chi connectivity index (χ1) is 26.9. The number of rotatable bonds is 5. The number of phenols is 2. The zero-order chi connectivity index (χ0) is 39.4. The van der Waals surface area contributed by atoms with Gasteiger partial charge < -0.3 is 43.7 Å². The van der Waals surface area contributed by atoms with Crippen LogP contribution in [0, 0.1) is 13.8 Å². The molecule has 1 spiro atoms. The minimum absolute atomic E-state index is 0.0203. The van der Waals surface area contributed by atoms with Gasteiger partial charge in [0.15, 0.2) is 40.0 Å². The van der Waals surface area contributed by atoms with Gasteiger partial charge in [-0.15, -0.1) is 11.8 Å². The van der Waals surface area contributed by atoms with Crippen molar-refractivity contribution in [2.75, 3.05) is 47.0 Å². The molecule has 15 heteroatoms. The van der Waals surface area contributed by atoms with Crippen LogP contribution in [0.3, 0.4) is 0 Å². The number of esters is 2. The van der Waals surface area contributed by atoms with E-state index in [4.69, 9.17) is 28.4 Å². The Morgan fingerprint density at radius 3 is 2.57 bits per heavy atom. The molecule has 0 saturated carbocycles. The fourth-order valence-electron chi connectivity index (χ4n) is 10.2. The Balaban J connectivity index is 1.32. The summed E-state index contributed by atoms with van der Waals surface area (Å²) in [7, 11) is 4.97. The van der Waals surface area contributed by atoms with Crippen LogP contribution in [0.2, 0.25) is 0 Å². The quantitative estimate of drug-likeness (QED) is 0.214. The van der Waals surface area contributed by atoms with Crippen LogP contribution >= 0.6 is 11.8 Å². The third-order valence-corrected chi connectivity index (χ3v) is 14.2. The van der Waals surface area contributed by atoms with E-state index in [1.54, 1.807) is 12.1 Å². The third-order valence-electron chi connectivity index (χ3n) is 12.7. The van der Waals surface area contributed by atoms with Crippen LogP contribution in [0.25, 0.3) is 0 Å². The van der Waals surface area contributed by atoms with Crippen molar-refractivity contribution in [3.8, 4) is 40.2 Å². The van der Waals surface area contributed by atoms with E-state index in [9.17, 15) is 24.9 Å².